The van der Waals surface area contributed by atoms with Crippen molar-refractivity contribution in [3.05, 3.63) is 77.4 Å². The number of phenolic OH excluding ortho intramolecular Hbond substituents is 1. The van der Waals surface area contributed by atoms with Gasteiger partial charge in [-0.25, -0.2) is 0 Å². The van der Waals surface area contributed by atoms with E-state index in [2.05, 4.69) is 22.4 Å². The van der Waals surface area contributed by atoms with Crippen LogP contribution >= 0.6 is 0 Å². The summed E-state index contributed by atoms with van der Waals surface area (Å²) in [5.41, 5.74) is 3.22. The molecule has 1 aliphatic heterocycles. The van der Waals surface area contributed by atoms with E-state index < -0.39 is 0 Å². The van der Waals surface area contributed by atoms with Gasteiger partial charge in [-0.15, -0.1) is 0 Å². The maximum Gasteiger partial charge on any atom is 0.134 e. The number of phenols is 1. The SMILES string of the molecule is N#CC1=C/CNC(c2cccc(-c3ccc(C#N)cc3)c2O)=NC/C=C\1. The van der Waals surface area contributed by atoms with E-state index >= 15 is 0 Å². The molecular weight excluding hydrogens is 324 g/mol. The normalized spacial score (nSPS) is 17.0. The molecule has 126 valence electrons. The summed E-state index contributed by atoms with van der Waals surface area (Å²) in [6.45, 7) is 0.842. The lowest BCUT2D eigenvalue weighted by atomic mass is 10.00. The number of nitrogens with zero attached hydrogens (tertiary/aromatic N) is 3. The van der Waals surface area contributed by atoms with Gasteiger partial charge in [-0.05, 0) is 35.9 Å². The quantitative estimate of drug-likeness (QED) is 0.877. The van der Waals surface area contributed by atoms with Gasteiger partial charge in [0.2, 0.25) is 0 Å². The van der Waals surface area contributed by atoms with E-state index in [1.807, 2.05) is 18.2 Å². The highest BCUT2D eigenvalue weighted by atomic mass is 16.3. The Bertz CT molecular complexity index is 986. The third-order valence-electron chi connectivity index (χ3n) is 3.99. The fourth-order valence-corrected chi connectivity index (χ4v) is 2.66. The highest BCUT2D eigenvalue weighted by Crippen LogP contribution is 2.32. The molecule has 1 heterocycles. The molecule has 0 fully saturated rings. The minimum absolute atomic E-state index is 0.121. The number of para-hydroxylation sites is 1. The molecule has 0 aromatic heterocycles. The van der Waals surface area contributed by atoms with E-state index in [0.29, 0.717) is 41.2 Å². The lowest BCUT2D eigenvalue weighted by Crippen LogP contribution is -2.25. The molecule has 2 N–H and O–H groups in total. The van der Waals surface area contributed by atoms with E-state index in [0.717, 1.165) is 5.56 Å². The van der Waals surface area contributed by atoms with Crippen LogP contribution in [-0.2, 0) is 0 Å². The van der Waals surface area contributed by atoms with Crippen LogP contribution in [0.25, 0.3) is 11.1 Å². The highest BCUT2D eigenvalue weighted by Gasteiger charge is 2.14. The zero-order valence-electron chi connectivity index (χ0n) is 14.0. The van der Waals surface area contributed by atoms with Crippen molar-refractivity contribution in [3.63, 3.8) is 0 Å². The topological polar surface area (TPSA) is 92.2 Å². The Morgan fingerprint density at radius 1 is 1.00 bits per heavy atom. The molecule has 0 aliphatic carbocycles. The van der Waals surface area contributed by atoms with Crippen molar-refractivity contribution < 1.29 is 5.11 Å². The van der Waals surface area contributed by atoms with Crippen LogP contribution in [-0.4, -0.2) is 24.0 Å². The summed E-state index contributed by atoms with van der Waals surface area (Å²) < 4.78 is 0. The molecule has 2 aromatic rings. The fraction of sp³-hybridized carbons (Fsp3) is 0.0952. The summed E-state index contributed by atoms with van der Waals surface area (Å²) >= 11 is 0. The molecule has 0 unspecified atom stereocenters. The first-order valence-electron chi connectivity index (χ1n) is 8.11. The number of hydrogen-bond donors (Lipinski definition) is 2. The zero-order valence-corrected chi connectivity index (χ0v) is 14.0. The van der Waals surface area contributed by atoms with Crippen LogP contribution in [0.4, 0.5) is 0 Å². The highest BCUT2D eigenvalue weighted by molar-refractivity contribution is 6.03. The van der Waals surface area contributed by atoms with Gasteiger partial charge in [-0.3, -0.25) is 4.99 Å². The van der Waals surface area contributed by atoms with Gasteiger partial charge in [0.15, 0.2) is 0 Å². The predicted octanol–water partition coefficient (Wildman–Crippen LogP) is 3.29. The Labute approximate surface area is 151 Å². The lowest BCUT2D eigenvalue weighted by molar-refractivity contribution is 0.476. The molecule has 26 heavy (non-hydrogen) atoms. The van der Waals surface area contributed by atoms with Crippen LogP contribution in [0.3, 0.4) is 0 Å². The summed E-state index contributed by atoms with van der Waals surface area (Å²) in [7, 11) is 0. The molecule has 0 bridgehead atoms. The summed E-state index contributed by atoms with van der Waals surface area (Å²) in [5, 5.41) is 31.9. The average molecular weight is 340 g/mol. The van der Waals surface area contributed by atoms with Gasteiger partial charge in [-0.2, -0.15) is 10.5 Å². The number of aliphatic imine (C=N–C) groups is 1. The van der Waals surface area contributed by atoms with E-state index in [9.17, 15) is 5.11 Å². The number of allylic oxidation sites excluding steroid dienone is 2. The summed E-state index contributed by atoms with van der Waals surface area (Å²) in [4.78, 5) is 4.48. The number of aromatic hydroxyl groups is 1. The summed E-state index contributed by atoms with van der Waals surface area (Å²) in [6, 6.07) is 16.7. The second-order valence-electron chi connectivity index (χ2n) is 5.63. The molecule has 1 aliphatic rings. The number of hydrogen-bond acceptors (Lipinski definition) is 5. The first-order valence-corrected chi connectivity index (χ1v) is 8.11. The number of rotatable bonds is 2. The monoisotopic (exact) mass is 340 g/mol. The van der Waals surface area contributed by atoms with E-state index in [1.165, 1.54) is 0 Å². The molecule has 0 radical (unpaired) electrons. The van der Waals surface area contributed by atoms with Crippen molar-refractivity contribution in [3.8, 4) is 29.0 Å². The zero-order chi connectivity index (χ0) is 18.4. The van der Waals surface area contributed by atoms with Crippen molar-refractivity contribution >= 4 is 5.84 Å². The first kappa shape index (κ1) is 17.0. The molecule has 0 atom stereocenters. The lowest BCUT2D eigenvalue weighted by Gasteiger charge is -2.13. The summed E-state index contributed by atoms with van der Waals surface area (Å²) in [5.74, 6) is 0.689. The Hall–Kier alpha value is -3.83. The number of benzene rings is 2. The minimum atomic E-state index is 0.121. The molecule has 2 aromatic carbocycles. The second kappa shape index (κ2) is 7.83. The number of nitriles is 2. The Kier molecular flexibility index (Phi) is 5.12. The van der Waals surface area contributed by atoms with E-state index in [1.54, 1.807) is 42.5 Å². The molecule has 5 heteroatoms. The third-order valence-corrected chi connectivity index (χ3v) is 3.99. The van der Waals surface area contributed by atoms with Crippen LogP contribution in [0, 0.1) is 22.7 Å². The van der Waals surface area contributed by atoms with Crippen LogP contribution < -0.4 is 5.32 Å². The van der Waals surface area contributed by atoms with Crippen molar-refractivity contribution in [2.24, 2.45) is 4.99 Å². The van der Waals surface area contributed by atoms with Crippen molar-refractivity contribution in [2.75, 3.05) is 13.1 Å². The maximum atomic E-state index is 10.8. The van der Waals surface area contributed by atoms with Crippen LogP contribution in [0.15, 0.2) is 71.3 Å². The Morgan fingerprint density at radius 3 is 2.50 bits per heavy atom. The number of amidine groups is 1. The number of nitrogens with one attached hydrogen (secondary N) is 1. The van der Waals surface area contributed by atoms with Crippen LogP contribution in [0.2, 0.25) is 0 Å². The predicted molar refractivity (Wildman–Crippen MR) is 101 cm³/mol. The van der Waals surface area contributed by atoms with Crippen molar-refractivity contribution in [2.45, 2.75) is 0 Å². The maximum absolute atomic E-state index is 10.8. The van der Waals surface area contributed by atoms with Gasteiger partial charge in [-0.1, -0.05) is 30.3 Å². The van der Waals surface area contributed by atoms with E-state index in [-0.39, 0.29) is 5.75 Å². The Morgan fingerprint density at radius 2 is 1.77 bits per heavy atom. The van der Waals surface area contributed by atoms with Gasteiger partial charge in [0.05, 0.1) is 29.8 Å². The summed E-state index contributed by atoms with van der Waals surface area (Å²) in [6.07, 6.45) is 5.32. The van der Waals surface area contributed by atoms with Gasteiger partial charge in [0.1, 0.15) is 11.6 Å². The van der Waals surface area contributed by atoms with E-state index in [4.69, 9.17) is 10.5 Å². The first-order chi connectivity index (χ1) is 12.7. The van der Waals surface area contributed by atoms with Crippen LogP contribution in [0.1, 0.15) is 11.1 Å². The van der Waals surface area contributed by atoms with Crippen molar-refractivity contribution in [1.82, 2.24) is 5.32 Å². The van der Waals surface area contributed by atoms with Gasteiger partial charge >= 0.3 is 0 Å². The van der Waals surface area contributed by atoms with Crippen LogP contribution in [0.5, 0.6) is 5.75 Å². The Balaban J connectivity index is 1.96. The largest absolute Gasteiger partial charge is 0.507 e. The standard InChI is InChI=1S/C21H16N4O/c22-13-15-3-2-11-24-21(25-12-10-15)19-5-1-4-18(20(19)26)17-8-6-16(14-23)7-9-17/h1-10,26H,11-12H2,(H,24,25)/b3-2-,15-10+. The van der Waals surface area contributed by atoms with Gasteiger partial charge in [0, 0.05) is 17.7 Å². The average Bonchev–Trinajstić information content (AvgIpc) is 2.80. The third kappa shape index (κ3) is 3.63. The molecule has 0 saturated heterocycles. The molecular formula is C21H16N4O. The van der Waals surface area contributed by atoms with Gasteiger partial charge < -0.3 is 10.4 Å². The molecule has 0 amide bonds. The minimum Gasteiger partial charge on any atom is -0.507 e. The molecule has 0 saturated carbocycles. The molecule has 0 spiro atoms. The second-order valence-corrected chi connectivity index (χ2v) is 5.63. The van der Waals surface area contributed by atoms with Gasteiger partial charge in [0.25, 0.3) is 0 Å². The smallest absolute Gasteiger partial charge is 0.134 e. The van der Waals surface area contributed by atoms with Crippen molar-refractivity contribution in [1.29, 1.82) is 10.5 Å². The fourth-order valence-electron chi connectivity index (χ4n) is 2.66. The molecule has 3 rings (SSSR count). The molecule has 5 nitrogen and oxygen atoms in total.